The molecule has 3 aromatic carbocycles. The third-order valence-electron chi connectivity index (χ3n) is 6.50. The van der Waals surface area contributed by atoms with Crippen LogP contribution >= 0.6 is 0 Å². The standard InChI is InChI=1S/C29H30N6O2/c1-19-33-25-16-22(29(36)35-13-5-6-14-35)9-11-24(25)28(34-19)32-17-23-15-21(27(30)31)10-12-26(23)37-18-20-7-3-2-4-8-20/h2-4,7-12,15-16H,5-6,13-14,17-18H2,1H3,(H3,30,31)(H,32,33,34). The van der Waals surface area contributed by atoms with Gasteiger partial charge in [-0.25, -0.2) is 9.97 Å². The lowest BCUT2D eigenvalue weighted by Crippen LogP contribution is -2.27. The maximum atomic E-state index is 12.9. The summed E-state index contributed by atoms with van der Waals surface area (Å²) in [6.45, 7) is 4.28. The van der Waals surface area contributed by atoms with Crippen molar-refractivity contribution in [3.05, 3.63) is 94.8 Å². The Morgan fingerprint density at radius 3 is 2.54 bits per heavy atom. The summed E-state index contributed by atoms with van der Waals surface area (Å²) in [6, 6.07) is 21.0. The number of aryl methyl sites for hydroxylation is 1. The van der Waals surface area contributed by atoms with Crippen LogP contribution in [0.15, 0.2) is 66.7 Å². The van der Waals surface area contributed by atoms with Gasteiger partial charge in [-0.1, -0.05) is 30.3 Å². The van der Waals surface area contributed by atoms with Crippen LogP contribution in [0.5, 0.6) is 5.75 Å². The highest BCUT2D eigenvalue weighted by atomic mass is 16.5. The van der Waals surface area contributed by atoms with Crippen molar-refractivity contribution in [2.24, 2.45) is 5.73 Å². The van der Waals surface area contributed by atoms with Crippen molar-refractivity contribution in [3.8, 4) is 5.75 Å². The number of hydrogen-bond donors (Lipinski definition) is 3. The van der Waals surface area contributed by atoms with E-state index < -0.39 is 0 Å². The van der Waals surface area contributed by atoms with Crippen LogP contribution in [0.25, 0.3) is 10.9 Å². The molecule has 0 saturated carbocycles. The van der Waals surface area contributed by atoms with Gasteiger partial charge in [-0.05, 0) is 61.7 Å². The SMILES string of the molecule is Cc1nc(NCc2cc(C(=N)N)ccc2OCc2ccccc2)c2ccc(C(=O)N3CCCC3)cc2n1. The third kappa shape index (κ3) is 5.53. The number of nitrogens with two attached hydrogens (primary N) is 1. The first-order valence-electron chi connectivity index (χ1n) is 12.4. The van der Waals surface area contributed by atoms with Gasteiger partial charge in [0.2, 0.25) is 0 Å². The first kappa shape index (κ1) is 24.2. The molecule has 1 amide bonds. The molecule has 0 aliphatic carbocycles. The number of hydrogen-bond acceptors (Lipinski definition) is 6. The van der Waals surface area contributed by atoms with Crippen LogP contribution in [-0.2, 0) is 13.2 Å². The van der Waals surface area contributed by atoms with Crippen molar-refractivity contribution in [1.82, 2.24) is 14.9 Å². The first-order valence-corrected chi connectivity index (χ1v) is 12.4. The lowest BCUT2D eigenvalue weighted by molar-refractivity contribution is 0.0793. The van der Waals surface area contributed by atoms with Crippen LogP contribution in [0.4, 0.5) is 5.82 Å². The minimum Gasteiger partial charge on any atom is -0.489 e. The van der Waals surface area contributed by atoms with Crippen molar-refractivity contribution >= 4 is 28.5 Å². The summed E-state index contributed by atoms with van der Waals surface area (Å²) < 4.78 is 6.12. The second-order valence-corrected chi connectivity index (χ2v) is 9.21. The topological polar surface area (TPSA) is 117 Å². The number of anilines is 1. The number of amidine groups is 1. The minimum absolute atomic E-state index is 0.00520. The van der Waals surface area contributed by atoms with Crippen LogP contribution < -0.4 is 15.8 Å². The molecule has 37 heavy (non-hydrogen) atoms. The molecule has 4 aromatic rings. The van der Waals surface area contributed by atoms with E-state index in [4.69, 9.17) is 15.9 Å². The molecule has 1 aliphatic rings. The van der Waals surface area contributed by atoms with Gasteiger partial charge in [-0.15, -0.1) is 0 Å². The second kappa shape index (κ2) is 10.7. The maximum absolute atomic E-state index is 12.9. The Labute approximate surface area is 216 Å². The monoisotopic (exact) mass is 494 g/mol. The molecule has 2 heterocycles. The van der Waals surface area contributed by atoms with E-state index in [1.54, 1.807) is 6.07 Å². The highest BCUT2D eigenvalue weighted by molar-refractivity contribution is 6.00. The largest absolute Gasteiger partial charge is 0.489 e. The lowest BCUT2D eigenvalue weighted by Gasteiger charge is -2.17. The van der Waals surface area contributed by atoms with Crippen molar-refractivity contribution in [3.63, 3.8) is 0 Å². The number of nitrogens with zero attached hydrogens (tertiary/aromatic N) is 3. The quantitative estimate of drug-likeness (QED) is 0.242. The third-order valence-corrected chi connectivity index (χ3v) is 6.50. The fourth-order valence-corrected chi connectivity index (χ4v) is 4.56. The molecule has 0 bridgehead atoms. The van der Waals surface area contributed by atoms with E-state index in [1.165, 1.54) is 0 Å². The van der Waals surface area contributed by atoms with Crippen LogP contribution in [0, 0.1) is 12.3 Å². The number of carbonyl (C=O) groups is 1. The number of rotatable bonds is 8. The Hall–Kier alpha value is -4.46. The molecule has 0 unspecified atom stereocenters. The normalized spacial score (nSPS) is 13.1. The highest BCUT2D eigenvalue weighted by Crippen LogP contribution is 2.26. The number of aromatic nitrogens is 2. The Bertz CT molecular complexity index is 1450. The zero-order valence-electron chi connectivity index (χ0n) is 20.8. The predicted molar refractivity (Wildman–Crippen MR) is 145 cm³/mol. The van der Waals surface area contributed by atoms with Crippen molar-refractivity contribution in [1.29, 1.82) is 5.41 Å². The minimum atomic E-state index is -0.00520. The van der Waals surface area contributed by atoms with Crippen LogP contribution in [-0.4, -0.2) is 39.7 Å². The molecule has 0 radical (unpaired) electrons. The predicted octanol–water partition coefficient (Wildman–Crippen LogP) is 4.65. The van der Waals surface area contributed by atoms with E-state index >= 15 is 0 Å². The summed E-state index contributed by atoms with van der Waals surface area (Å²) in [5, 5.41) is 12.1. The molecule has 1 aromatic heterocycles. The molecule has 0 spiro atoms. The highest BCUT2D eigenvalue weighted by Gasteiger charge is 2.20. The fraction of sp³-hybridized carbons (Fsp3) is 0.241. The zero-order valence-corrected chi connectivity index (χ0v) is 20.8. The van der Waals surface area contributed by atoms with Crippen LogP contribution in [0.1, 0.15) is 45.7 Å². The van der Waals surface area contributed by atoms with Gasteiger partial charge in [0, 0.05) is 41.7 Å². The number of nitrogen functional groups attached to an aromatic ring is 1. The van der Waals surface area contributed by atoms with Gasteiger partial charge < -0.3 is 20.7 Å². The molecule has 8 heteroatoms. The summed E-state index contributed by atoms with van der Waals surface area (Å²) in [5.74, 6) is 2.03. The van der Waals surface area contributed by atoms with E-state index in [2.05, 4.69) is 15.3 Å². The maximum Gasteiger partial charge on any atom is 0.253 e. The Balaban J connectivity index is 1.40. The second-order valence-electron chi connectivity index (χ2n) is 9.21. The van der Waals surface area contributed by atoms with E-state index in [-0.39, 0.29) is 11.7 Å². The Morgan fingerprint density at radius 2 is 1.78 bits per heavy atom. The lowest BCUT2D eigenvalue weighted by atomic mass is 10.1. The number of fused-ring (bicyclic) bond motifs is 1. The van der Waals surface area contributed by atoms with Crippen LogP contribution in [0.2, 0.25) is 0 Å². The van der Waals surface area contributed by atoms with Crippen molar-refractivity contribution < 1.29 is 9.53 Å². The molecule has 0 atom stereocenters. The van der Waals surface area contributed by atoms with Gasteiger partial charge >= 0.3 is 0 Å². The average molecular weight is 495 g/mol. The van der Waals surface area contributed by atoms with E-state index in [9.17, 15) is 4.79 Å². The summed E-state index contributed by atoms with van der Waals surface area (Å²) in [6.07, 6.45) is 2.10. The molecule has 5 rings (SSSR count). The Morgan fingerprint density at radius 1 is 1.03 bits per heavy atom. The molecule has 8 nitrogen and oxygen atoms in total. The molecular weight excluding hydrogens is 464 g/mol. The van der Waals surface area contributed by atoms with Gasteiger partial charge in [-0.3, -0.25) is 10.2 Å². The van der Waals surface area contributed by atoms with Gasteiger partial charge in [-0.2, -0.15) is 0 Å². The average Bonchev–Trinajstić information content (AvgIpc) is 3.45. The van der Waals surface area contributed by atoms with Gasteiger partial charge in [0.15, 0.2) is 0 Å². The first-order chi connectivity index (χ1) is 18.0. The number of ether oxygens (including phenoxy) is 1. The number of nitrogens with one attached hydrogen (secondary N) is 2. The van der Waals surface area contributed by atoms with E-state index in [1.807, 2.05) is 72.5 Å². The van der Waals surface area contributed by atoms with Crippen LogP contribution in [0.3, 0.4) is 0 Å². The molecule has 188 valence electrons. The van der Waals surface area contributed by atoms with E-state index in [0.717, 1.165) is 48.0 Å². The molecule has 1 fully saturated rings. The summed E-state index contributed by atoms with van der Waals surface area (Å²) in [5.41, 5.74) is 9.66. The molecular formula is C29H30N6O2. The number of carbonyl (C=O) groups excluding carboxylic acids is 1. The fourth-order valence-electron chi connectivity index (χ4n) is 4.56. The summed E-state index contributed by atoms with van der Waals surface area (Å²) in [4.78, 5) is 24.0. The molecule has 4 N–H and O–H groups in total. The molecule has 1 aliphatic heterocycles. The van der Waals surface area contributed by atoms with E-state index in [0.29, 0.717) is 41.7 Å². The smallest absolute Gasteiger partial charge is 0.253 e. The number of likely N-dealkylation sites (tertiary alicyclic amines) is 1. The molecule has 1 saturated heterocycles. The zero-order chi connectivity index (χ0) is 25.8. The number of amides is 1. The van der Waals surface area contributed by atoms with Gasteiger partial charge in [0.25, 0.3) is 5.91 Å². The van der Waals surface area contributed by atoms with Gasteiger partial charge in [0.05, 0.1) is 5.52 Å². The summed E-state index contributed by atoms with van der Waals surface area (Å²) >= 11 is 0. The van der Waals surface area contributed by atoms with Crippen molar-refractivity contribution in [2.45, 2.75) is 32.9 Å². The van der Waals surface area contributed by atoms with Gasteiger partial charge in [0.1, 0.15) is 29.8 Å². The van der Waals surface area contributed by atoms with Crippen molar-refractivity contribution in [2.75, 3.05) is 18.4 Å². The number of benzene rings is 3. The Kier molecular flexibility index (Phi) is 6.98. The summed E-state index contributed by atoms with van der Waals surface area (Å²) in [7, 11) is 0.